The number of benzene rings is 1. The van der Waals surface area contributed by atoms with Gasteiger partial charge in [-0.1, -0.05) is 27.1 Å². The molecule has 0 spiro atoms. The van der Waals surface area contributed by atoms with Crippen LogP contribution in [-0.4, -0.2) is 39.9 Å². The van der Waals surface area contributed by atoms with Crippen LogP contribution in [0.15, 0.2) is 33.4 Å². The Morgan fingerprint density at radius 2 is 2.17 bits per heavy atom. The molecule has 0 unspecified atom stereocenters. The van der Waals surface area contributed by atoms with Gasteiger partial charge < -0.3 is 18.9 Å². The zero-order valence-electron chi connectivity index (χ0n) is 15.9. The topological polar surface area (TPSA) is 104 Å². The van der Waals surface area contributed by atoms with Gasteiger partial charge >= 0.3 is 0 Å². The van der Waals surface area contributed by atoms with E-state index in [2.05, 4.69) is 15.5 Å². The van der Waals surface area contributed by atoms with Crippen LogP contribution >= 0.6 is 11.6 Å². The minimum atomic E-state index is -0.229. The second-order valence-corrected chi connectivity index (χ2v) is 7.06. The van der Waals surface area contributed by atoms with Crippen molar-refractivity contribution in [3.05, 3.63) is 52.1 Å². The summed E-state index contributed by atoms with van der Waals surface area (Å²) in [5.74, 6) is 1.29. The fourth-order valence-corrected chi connectivity index (χ4v) is 3.56. The molecule has 0 saturated carbocycles. The van der Waals surface area contributed by atoms with E-state index in [0.717, 1.165) is 12.8 Å². The zero-order chi connectivity index (χ0) is 20.4. The maximum Gasteiger partial charge on any atom is 0.276 e. The highest BCUT2D eigenvalue weighted by Crippen LogP contribution is 2.33. The van der Waals surface area contributed by atoms with Crippen LogP contribution in [0.4, 0.5) is 0 Å². The summed E-state index contributed by atoms with van der Waals surface area (Å²) in [5, 5.41) is 12.1. The number of hydrogen-bond donors (Lipinski definition) is 0. The Hall–Kier alpha value is -3.07. The summed E-state index contributed by atoms with van der Waals surface area (Å²) >= 11 is 6.16. The molecule has 0 bridgehead atoms. The summed E-state index contributed by atoms with van der Waals surface area (Å²) in [6.07, 6.45) is 1.66. The van der Waals surface area contributed by atoms with Crippen LogP contribution in [0.2, 0.25) is 5.02 Å². The Bertz CT molecular complexity index is 1020. The quantitative estimate of drug-likeness (QED) is 0.598. The minimum Gasteiger partial charge on any atom is -0.497 e. The van der Waals surface area contributed by atoms with E-state index >= 15 is 0 Å². The predicted octanol–water partition coefficient (Wildman–Crippen LogP) is 3.58. The third-order valence-corrected chi connectivity index (χ3v) is 5.10. The fourth-order valence-electron chi connectivity index (χ4n) is 3.34. The Morgan fingerprint density at radius 1 is 1.31 bits per heavy atom. The van der Waals surface area contributed by atoms with Crippen molar-refractivity contribution in [1.29, 1.82) is 0 Å². The Labute approximate surface area is 171 Å². The summed E-state index contributed by atoms with van der Waals surface area (Å²) in [7, 11) is 1.56. The lowest BCUT2D eigenvalue weighted by Gasteiger charge is -2.21. The number of amides is 1. The number of nitrogens with zero attached hydrogens (tertiary/aromatic N) is 4. The van der Waals surface area contributed by atoms with Gasteiger partial charge in [0.25, 0.3) is 5.91 Å². The number of methoxy groups -OCH3 is 1. The molecule has 1 amide bonds. The van der Waals surface area contributed by atoms with Crippen molar-refractivity contribution in [2.24, 2.45) is 0 Å². The number of hydrogen-bond acceptors (Lipinski definition) is 8. The molecule has 1 aliphatic heterocycles. The predicted molar refractivity (Wildman–Crippen MR) is 101 cm³/mol. The summed E-state index contributed by atoms with van der Waals surface area (Å²) in [6.45, 7) is 2.50. The van der Waals surface area contributed by atoms with E-state index in [1.165, 1.54) is 0 Å². The van der Waals surface area contributed by atoms with E-state index in [9.17, 15) is 4.79 Å². The summed E-state index contributed by atoms with van der Waals surface area (Å²) in [6, 6.07) is 6.49. The average molecular weight is 419 g/mol. The molecule has 1 fully saturated rings. The number of aryl methyl sites for hydroxylation is 1. The summed E-state index contributed by atoms with van der Waals surface area (Å²) in [4.78, 5) is 14.6. The van der Waals surface area contributed by atoms with Crippen molar-refractivity contribution in [3.8, 4) is 11.5 Å². The lowest BCUT2D eigenvalue weighted by molar-refractivity contribution is 0.0719. The van der Waals surface area contributed by atoms with E-state index in [0.29, 0.717) is 40.2 Å². The van der Waals surface area contributed by atoms with Crippen LogP contribution in [0.5, 0.6) is 11.5 Å². The maximum atomic E-state index is 12.9. The number of halogens is 1. The van der Waals surface area contributed by atoms with E-state index in [1.807, 2.05) is 6.92 Å². The number of aromatic nitrogens is 3. The lowest BCUT2D eigenvalue weighted by atomic mass is 10.1. The van der Waals surface area contributed by atoms with Crippen molar-refractivity contribution < 1.29 is 23.4 Å². The first kappa shape index (κ1) is 19.3. The van der Waals surface area contributed by atoms with Crippen molar-refractivity contribution >= 4 is 17.5 Å². The minimum absolute atomic E-state index is 0.0854. The molecule has 152 valence electrons. The van der Waals surface area contributed by atoms with Gasteiger partial charge in [-0.2, -0.15) is 0 Å². The van der Waals surface area contributed by atoms with Crippen molar-refractivity contribution in [2.75, 3.05) is 13.7 Å². The standard InChI is InChI=1S/C19H19ClN4O5/c1-11-18(23-29-21-11)16-4-3-7-24(16)19(25)15-9-13(28-22-15)10-27-17-6-5-12(26-2)8-14(17)20/h5-6,8-9,16H,3-4,7,10H2,1-2H3/t16-/m0/s1. The Balaban J connectivity index is 1.43. The van der Waals surface area contributed by atoms with Crippen molar-refractivity contribution in [3.63, 3.8) is 0 Å². The number of ether oxygens (including phenoxy) is 2. The lowest BCUT2D eigenvalue weighted by Crippen LogP contribution is -2.31. The van der Waals surface area contributed by atoms with Gasteiger partial charge in [0.15, 0.2) is 11.5 Å². The fraction of sp³-hybridized carbons (Fsp3) is 0.368. The van der Waals surface area contributed by atoms with Gasteiger partial charge in [-0.15, -0.1) is 0 Å². The van der Waals surface area contributed by atoms with Gasteiger partial charge in [-0.3, -0.25) is 4.79 Å². The molecular formula is C19H19ClN4O5. The first-order valence-corrected chi connectivity index (χ1v) is 9.46. The Kier molecular flexibility index (Phi) is 5.39. The SMILES string of the molecule is COc1ccc(OCc2cc(C(=O)N3CCC[C@H]3c3nonc3C)no2)c(Cl)c1. The molecule has 3 heterocycles. The van der Waals surface area contributed by atoms with Gasteiger partial charge in [-0.05, 0) is 31.9 Å². The Morgan fingerprint density at radius 3 is 2.90 bits per heavy atom. The van der Waals surface area contributed by atoms with Gasteiger partial charge in [-0.25, -0.2) is 4.63 Å². The van der Waals surface area contributed by atoms with Gasteiger partial charge in [0.2, 0.25) is 0 Å². The van der Waals surface area contributed by atoms with Crippen molar-refractivity contribution in [2.45, 2.75) is 32.4 Å². The van der Waals surface area contributed by atoms with Crippen LogP contribution < -0.4 is 9.47 Å². The molecule has 1 aliphatic rings. The normalized spacial score (nSPS) is 16.2. The molecule has 4 rings (SSSR count). The molecule has 3 aromatic rings. The molecule has 2 aromatic heterocycles. The number of carbonyl (C=O) groups is 1. The molecule has 9 nitrogen and oxygen atoms in total. The van der Waals surface area contributed by atoms with E-state index in [-0.39, 0.29) is 24.2 Å². The molecule has 1 atom stereocenters. The number of carbonyl (C=O) groups excluding carboxylic acids is 1. The summed E-state index contributed by atoms with van der Waals surface area (Å²) in [5.41, 5.74) is 1.57. The highest BCUT2D eigenvalue weighted by molar-refractivity contribution is 6.32. The van der Waals surface area contributed by atoms with Crippen LogP contribution in [0.25, 0.3) is 0 Å². The maximum absolute atomic E-state index is 12.9. The second-order valence-electron chi connectivity index (χ2n) is 6.65. The van der Waals surface area contributed by atoms with Gasteiger partial charge in [0.05, 0.1) is 18.2 Å². The van der Waals surface area contributed by atoms with Crippen LogP contribution in [0, 0.1) is 6.92 Å². The molecule has 0 radical (unpaired) electrons. The monoisotopic (exact) mass is 418 g/mol. The van der Waals surface area contributed by atoms with Crippen molar-refractivity contribution in [1.82, 2.24) is 20.4 Å². The first-order chi connectivity index (χ1) is 14.1. The molecule has 29 heavy (non-hydrogen) atoms. The van der Waals surface area contributed by atoms with Gasteiger partial charge in [0.1, 0.15) is 29.5 Å². The molecule has 0 aliphatic carbocycles. The van der Waals surface area contributed by atoms with Crippen LogP contribution in [-0.2, 0) is 6.61 Å². The molecule has 0 N–H and O–H groups in total. The zero-order valence-corrected chi connectivity index (χ0v) is 16.7. The third-order valence-electron chi connectivity index (χ3n) is 4.80. The average Bonchev–Trinajstić information content (AvgIpc) is 3.46. The second kappa shape index (κ2) is 8.12. The highest BCUT2D eigenvalue weighted by Gasteiger charge is 2.35. The highest BCUT2D eigenvalue weighted by atomic mass is 35.5. The van der Waals surface area contributed by atoms with Gasteiger partial charge in [0, 0.05) is 18.7 Å². The molecule has 10 heteroatoms. The van der Waals surface area contributed by atoms with Crippen LogP contribution in [0.1, 0.15) is 46.5 Å². The number of likely N-dealkylation sites (tertiary alicyclic amines) is 1. The van der Waals surface area contributed by atoms with E-state index in [1.54, 1.807) is 36.3 Å². The molecular weight excluding hydrogens is 400 g/mol. The van der Waals surface area contributed by atoms with Crippen LogP contribution in [0.3, 0.4) is 0 Å². The molecule has 1 saturated heterocycles. The molecule has 1 aromatic carbocycles. The largest absolute Gasteiger partial charge is 0.497 e. The first-order valence-electron chi connectivity index (χ1n) is 9.08. The summed E-state index contributed by atoms with van der Waals surface area (Å²) < 4.78 is 20.8. The van der Waals surface area contributed by atoms with E-state index < -0.39 is 0 Å². The van der Waals surface area contributed by atoms with E-state index in [4.69, 9.17) is 30.2 Å². The third kappa shape index (κ3) is 3.91. The smallest absolute Gasteiger partial charge is 0.276 e. The number of rotatable bonds is 6.